The third-order valence-electron chi connectivity index (χ3n) is 5.26. The molecule has 7 heteroatoms. The summed E-state index contributed by atoms with van der Waals surface area (Å²) >= 11 is 0. The minimum absolute atomic E-state index is 0.0410. The Kier molecular flexibility index (Phi) is 4.33. The maximum Gasteiger partial charge on any atom is 0.255 e. The summed E-state index contributed by atoms with van der Waals surface area (Å²) in [5, 5.41) is 4.24. The van der Waals surface area contributed by atoms with Gasteiger partial charge in [0.15, 0.2) is 0 Å². The molecule has 2 aliphatic rings. The van der Waals surface area contributed by atoms with Gasteiger partial charge in [0.2, 0.25) is 5.95 Å². The van der Waals surface area contributed by atoms with E-state index in [1.165, 1.54) is 12.0 Å². The average Bonchev–Trinajstić information content (AvgIpc) is 2.99. The maximum absolute atomic E-state index is 12.5. The van der Waals surface area contributed by atoms with Crippen molar-refractivity contribution < 1.29 is 0 Å². The van der Waals surface area contributed by atoms with E-state index in [4.69, 9.17) is 4.98 Å². The number of nitrogens with one attached hydrogen (secondary N) is 1. The Balaban J connectivity index is 1.55. The number of nitrogens with zero attached hydrogens (tertiary/aromatic N) is 5. The topological polar surface area (TPSA) is 70.1 Å². The molecule has 0 spiro atoms. The van der Waals surface area contributed by atoms with E-state index in [-0.39, 0.29) is 5.56 Å². The SMILES string of the molecule is C[C@@H]1CCCN(c2nc3c(c(=O)[nH]2)CCN(Cc2cnn(C)c2)C3)C1. The molecule has 0 unspecified atom stereocenters. The molecule has 0 bridgehead atoms. The Morgan fingerprint density at radius 3 is 3.00 bits per heavy atom. The van der Waals surface area contributed by atoms with E-state index >= 15 is 0 Å². The second kappa shape index (κ2) is 6.63. The van der Waals surface area contributed by atoms with Crippen molar-refractivity contribution in [2.45, 2.75) is 39.3 Å². The normalized spacial score (nSPS) is 21.4. The molecule has 1 N–H and O–H groups in total. The van der Waals surface area contributed by atoms with E-state index in [0.29, 0.717) is 5.92 Å². The Labute approximate surface area is 147 Å². The first-order chi connectivity index (χ1) is 12.1. The Bertz CT molecular complexity index is 810. The van der Waals surface area contributed by atoms with Crippen LogP contribution in [0.4, 0.5) is 5.95 Å². The van der Waals surface area contributed by atoms with Gasteiger partial charge >= 0.3 is 0 Å². The molecule has 0 amide bonds. The van der Waals surface area contributed by atoms with Crippen LogP contribution in [-0.2, 0) is 26.6 Å². The lowest BCUT2D eigenvalue weighted by Gasteiger charge is -2.33. The standard InChI is InChI=1S/C18H26N6O/c1-13-4-3-6-24(9-13)18-20-16-12-23(7-5-15(16)17(25)21-18)11-14-8-19-22(2)10-14/h8,10,13H,3-7,9,11-12H2,1-2H3,(H,20,21,25)/t13-/m1/s1. The number of aromatic amines is 1. The summed E-state index contributed by atoms with van der Waals surface area (Å²) in [5.41, 5.74) is 3.03. The maximum atomic E-state index is 12.5. The Morgan fingerprint density at radius 1 is 1.36 bits per heavy atom. The van der Waals surface area contributed by atoms with Crippen molar-refractivity contribution >= 4 is 5.95 Å². The summed E-state index contributed by atoms with van der Waals surface area (Å²) in [7, 11) is 1.93. The molecule has 2 aromatic rings. The highest BCUT2D eigenvalue weighted by molar-refractivity contribution is 5.35. The smallest absolute Gasteiger partial charge is 0.255 e. The Morgan fingerprint density at radius 2 is 2.24 bits per heavy atom. The van der Waals surface area contributed by atoms with Gasteiger partial charge in [0.25, 0.3) is 5.56 Å². The fourth-order valence-corrected chi connectivity index (χ4v) is 3.96. The molecule has 4 heterocycles. The van der Waals surface area contributed by atoms with E-state index in [2.05, 4.69) is 26.8 Å². The van der Waals surface area contributed by atoms with Gasteiger partial charge in [-0.2, -0.15) is 5.10 Å². The molecule has 25 heavy (non-hydrogen) atoms. The lowest BCUT2D eigenvalue weighted by Crippen LogP contribution is -2.39. The Hall–Kier alpha value is -2.15. The van der Waals surface area contributed by atoms with E-state index < -0.39 is 0 Å². The first kappa shape index (κ1) is 16.3. The number of fused-ring (bicyclic) bond motifs is 1. The van der Waals surface area contributed by atoms with Crippen LogP contribution >= 0.6 is 0 Å². The molecule has 7 nitrogen and oxygen atoms in total. The molecule has 0 aliphatic carbocycles. The molecule has 2 aliphatic heterocycles. The highest BCUT2D eigenvalue weighted by Gasteiger charge is 2.24. The minimum Gasteiger partial charge on any atom is -0.342 e. The van der Waals surface area contributed by atoms with Gasteiger partial charge in [0, 0.05) is 57.1 Å². The predicted octanol–water partition coefficient (Wildman–Crippen LogP) is 1.30. The van der Waals surface area contributed by atoms with Gasteiger partial charge in [-0.3, -0.25) is 19.4 Å². The zero-order valence-electron chi connectivity index (χ0n) is 15.0. The van der Waals surface area contributed by atoms with E-state index in [1.807, 2.05) is 24.1 Å². The summed E-state index contributed by atoms with van der Waals surface area (Å²) in [6, 6.07) is 0. The van der Waals surface area contributed by atoms with Gasteiger partial charge in [-0.25, -0.2) is 4.98 Å². The summed E-state index contributed by atoms with van der Waals surface area (Å²) in [6.45, 7) is 6.67. The molecule has 0 aromatic carbocycles. The van der Waals surface area contributed by atoms with E-state index in [1.54, 1.807) is 0 Å². The summed E-state index contributed by atoms with van der Waals surface area (Å²) < 4.78 is 1.83. The van der Waals surface area contributed by atoms with Crippen molar-refractivity contribution in [1.82, 2.24) is 24.6 Å². The fourth-order valence-electron chi connectivity index (χ4n) is 3.96. The van der Waals surface area contributed by atoms with Crippen LogP contribution in [0.15, 0.2) is 17.2 Å². The molecule has 4 rings (SSSR count). The van der Waals surface area contributed by atoms with E-state index in [0.717, 1.165) is 62.8 Å². The number of aromatic nitrogens is 4. The van der Waals surface area contributed by atoms with Crippen LogP contribution in [0, 0.1) is 5.92 Å². The van der Waals surface area contributed by atoms with Crippen LogP contribution in [0.1, 0.15) is 36.6 Å². The second-order valence-electron chi connectivity index (χ2n) is 7.49. The van der Waals surface area contributed by atoms with Gasteiger partial charge in [-0.05, 0) is 25.2 Å². The average molecular weight is 342 g/mol. The van der Waals surface area contributed by atoms with Crippen molar-refractivity contribution in [2.75, 3.05) is 24.5 Å². The second-order valence-corrected chi connectivity index (χ2v) is 7.49. The van der Waals surface area contributed by atoms with Gasteiger partial charge < -0.3 is 4.90 Å². The van der Waals surface area contributed by atoms with Gasteiger partial charge in [-0.15, -0.1) is 0 Å². The van der Waals surface area contributed by atoms with Crippen molar-refractivity contribution in [2.24, 2.45) is 13.0 Å². The molecule has 1 fully saturated rings. The molecule has 1 atom stereocenters. The predicted molar refractivity (Wildman–Crippen MR) is 96.5 cm³/mol. The number of H-pyrrole nitrogens is 1. The lowest BCUT2D eigenvalue weighted by atomic mass is 10.0. The summed E-state index contributed by atoms with van der Waals surface area (Å²) in [6.07, 6.45) is 7.12. The lowest BCUT2D eigenvalue weighted by molar-refractivity contribution is 0.240. The molecule has 2 aromatic heterocycles. The zero-order chi connectivity index (χ0) is 17.4. The molecule has 134 valence electrons. The largest absolute Gasteiger partial charge is 0.342 e. The minimum atomic E-state index is 0.0410. The fraction of sp³-hybridized carbons (Fsp3) is 0.611. The molecule has 0 saturated carbocycles. The monoisotopic (exact) mass is 342 g/mol. The molecular weight excluding hydrogens is 316 g/mol. The van der Waals surface area contributed by atoms with Crippen LogP contribution in [-0.4, -0.2) is 44.3 Å². The van der Waals surface area contributed by atoms with Crippen LogP contribution in [0.2, 0.25) is 0 Å². The van der Waals surface area contributed by atoms with Crippen LogP contribution in [0.25, 0.3) is 0 Å². The van der Waals surface area contributed by atoms with Crippen molar-refractivity contribution in [3.05, 3.63) is 39.6 Å². The highest BCUT2D eigenvalue weighted by Crippen LogP contribution is 2.22. The van der Waals surface area contributed by atoms with Crippen LogP contribution in [0.5, 0.6) is 0 Å². The van der Waals surface area contributed by atoms with Gasteiger partial charge in [0.1, 0.15) is 0 Å². The quantitative estimate of drug-likeness (QED) is 0.910. The van der Waals surface area contributed by atoms with Crippen molar-refractivity contribution in [3.8, 4) is 0 Å². The van der Waals surface area contributed by atoms with Crippen molar-refractivity contribution in [1.29, 1.82) is 0 Å². The first-order valence-corrected chi connectivity index (χ1v) is 9.15. The third-order valence-corrected chi connectivity index (χ3v) is 5.26. The van der Waals surface area contributed by atoms with Crippen molar-refractivity contribution in [3.63, 3.8) is 0 Å². The number of rotatable bonds is 3. The van der Waals surface area contributed by atoms with Crippen LogP contribution < -0.4 is 10.5 Å². The number of piperidine rings is 1. The zero-order valence-corrected chi connectivity index (χ0v) is 15.0. The molecule has 1 saturated heterocycles. The van der Waals surface area contributed by atoms with Crippen LogP contribution in [0.3, 0.4) is 0 Å². The molecular formula is C18H26N6O. The first-order valence-electron chi connectivity index (χ1n) is 9.15. The van der Waals surface area contributed by atoms with Gasteiger partial charge in [-0.1, -0.05) is 6.92 Å². The number of aryl methyl sites for hydroxylation is 1. The number of hydrogen-bond donors (Lipinski definition) is 1. The van der Waals surface area contributed by atoms with Gasteiger partial charge in [0.05, 0.1) is 11.9 Å². The number of anilines is 1. The van der Waals surface area contributed by atoms with E-state index in [9.17, 15) is 4.79 Å². The number of hydrogen-bond acceptors (Lipinski definition) is 5. The summed E-state index contributed by atoms with van der Waals surface area (Å²) in [4.78, 5) is 25.0. The molecule has 0 radical (unpaired) electrons. The summed E-state index contributed by atoms with van der Waals surface area (Å²) in [5.74, 6) is 1.40. The third kappa shape index (κ3) is 3.46. The highest BCUT2D eigenvalue weighted by atomic mass is 16.1.